The molecule has 0 saturated heterocycles. The minimum atomic E-state index is 0.947. The molecule has 3 nitrogen and oxygen atoms in total. The van der Waals surface area contributed by atoms with Gasteiger partial charge in [-0.25, -0.2) is 4.98 Å². The maximum atomic E-state index is 4.66. The first-order valence-corrected chi connectivity index (χ1v) is 8.30. The smallest absolute Gasteiger partial charge is 0.0997 e. The van der Waals surface area contributed by atoms with E-state index in [-0.39, 0.29) is 0 Å². The zero-order valence-corrected chi connectivity index (χ0v) is 13.2. The molecule has 23 heavy (non-hydrogen) atoms. The Hall–Kier alpha value is -2.39. The lowest BCUT2D eigenvalue weighted by molar-refractivity contribution is 0.698. The van der Waals surface area contributed by atoms with Crippen LogP contribution in [0.25, 0.3) is 5.69 Å². The molecule has 1 aromatic heterocycles. The van der Waals surface area contributed by atoms with E-state index in [1.165, 1.54) is 28.2 Å². The van der Waals surface area contributed by atoms with Gasteiger partial charge in [0.1, 0.15) is 0 Å². The maximum Gasteiger partial charge on any atom is 0.0997 e. The fraction of sp³-hybridized carbons (Fsp3) is 0.250. The van der Waals surface area contributed by atoms with Crippen LogP contribution in [0.3, 0.4) is 0 Å². The van der Waals surface area contributed by atoms with E-state index in [0.29, 0.717) is 0 Å². The van der Waals surface area contributed by atoms with Crippen molar-refractivity contribution in [3.05, 3.63) is 83.4 Å². The van der Waals surface area contributed by atoms with Crippen LogP contribution in [0.15, 0.2) is 60.9 Å². The molecule has 0 atom stereocenters. The summed E-state index contributed by atoms with van der Waals surface area (Å²) in [4.78, 5) is 4.66. The molecule has 0 fully saturated rings. The first-order valence-electron chi connectivity index (χ1n) is 8.30. The number of benzene rings is 2. The van der Waals surface area contributed by atoms with Crippen LogP contribution in [-0.2, 0) is 19.3 Å². The molecule has 0 saturated carbocycles. The summed E-state index contributed by atoms with van der Waals surface area (Å²) >= 11 is 0. The Bertz CT molecular complexity index is 790. The molecule has 3 heteroatoms. The molecule has 0 bridgehead atoms. The number of nitrogens with zero attached hydrogens (tertiary/aromatic N) is 2. The molecule has 0 aliphatic carbocycles. The predicted octanol–water partition coefficient (Wildman–Crippen LogP) is 3.15. The summed E-state index contributed by atoms with van der Waals surface area (Å²) in [6.45, 7) is 2.05. The fourth-order valence-electron chi connectivity index (χ4n) is 3.34. The largest absolute Gasteiger partial charge is 0.316 e. The lowest BCUT2D eigenvalue weighted by atomic mass is 10.0. The topological polar surface area (TPSA) is 29.9 Å². The first kappa shape index (κ1) is 14.2. The van der Waals surface area contributed by atoms with Crippen molar-refractivity contribution in [2.24, 2.45) is 0 Å². The average Bonchev–Trinajstić information content (AvgIpc) is 2.84. The van der Waals surface area contributed by atoms with Crippen LogP contribution >= 0.6 is 0 Å². The van der Waals surface area contributed by atoms with Crippen LogP contribution in [0.5, 0.6) is 0 Å². The van der Waals surface area contributed by atoms with Gasteiger partial charge in [0.25, 0.3) is 0 Å². The molecule has 4 rings (SSSR count). The summed E-state index contributed by atoms with van der Waals surface area (Å²) in [5, 5.41) is 3.46. The van der Waals surface area contributed by atoms with Crippen LogP contribution < -0.4 is 5.32 Å². The molecular formula is C20H21N3. The van der Waals surface area contributed by atoms with Gasteiger partial charge in [-0.05, 0) is 23.6 Å². The van der Waals surface area contributed by atoms with E-state index in [4.69, 9.17) is 0 Å². The molecule has 1 aliphatic heterocycles. The molecule has 2 heterocycles. The van der Waals surface area contributed by atoms with Crippen molar-refractivity contribution < 1.29 is 0 Å². The zero-order chi connectivity index (χ0) is 15.5. The molecule has 1 aliphatic rings. The van der Waals surface area contributed by atoms with Gasteiger partial charge in [0.05, 0.1) is 17.7 Å². The Labute approximate surface area is 137 Å². The second-order valence-electron chi connectivity index (χ2n) is 6.05. The highest BCUT2D eigenvalue weighted by molar-refractivity contribution is 5.45. The number of rotatable bonds is 3. The summed E-state index contributed by atoms with van der Waals surface area (Å²) in [5.41, 5.74) is 6.54. The normalized spacial score (nSPS) is 14.3. The number of hydrogen-bond acceptors (Lipinski definition) is 2. The van der Waals surface area contributed by atoms with Gasteiger partial charge in [0.2, 0.25) is 0 Å². The summed E-state index contributed by atoms with van der Waals surface area (Å²) in [6, 6.07) is 19.3. The van der Waals surface area contributed by atoms with Crippen LogP contribution in [-0.4, -0.2) is 22.6 Å². The van der Waals surface area contributed by atoms with Crippen molar-refractivity contribution >= 4 is 0 Å². The molecule has 0 amide bonds. The van der Waals surface area contributed by atoms with E-state index in [2.05, 4.69) is 69.5 Å². The minimum absolute atomic E-state index is 0.947. The van der Waals surface area contributed by atoms with E-state index >= 15 is 0 Å². The lowest BCUT2D eigenvalue weighted by Crippen LogP contribution is -2.17. The van der Waals surface area contributed by atoms with E-state index < -0.39 is 0 Å². The molecule has 3 aromatic rings. The van der Waals surface area contributed by atoms with Gasteiger partial charge >= 0.3 is 0 Å². The Kier molecular flexibility index (Phi) is 3.95. The van der Waals surface area contributed by atoms with E-state index in [9.17, 15) is 0 Å². The van der Waals surface area contributed by atoms with Crippen LogP contribution in [0.2, 0.25) is 0 Å². The van der Waals surface area contributed by atoms with Crippen molar-refractivity contribution in [2.45, 2.75) is 19.3 Å². The molecular weight excluding hydrogens is 282 g/mol. The third-order valence-corrected chi connectivity index (χ3v) is 4.52. The van der Waals surface area contributed by atoms with Gasteiger partial charge in [-0.2, -0.15) is 0 Å². The lowest BCUT2D eigenvalue weighted by Gasteiger charge is -2.13. The predicted molar refractivity (Wildman–Crippen MR) is 93.1 cm³/mol. The zero-order valence-electron chi connectivity index (χ0n) is 13.2. The Morgan fingerprint density at radius 1 is 0.913 bits per heavy atom. The Balaban J connectivity index is 1.74. The van der Waals surface area contributed by atoms with E-state index in [1.807, 2.05) is 6.33 Å². The summed E-state index contributed by atoms with van der Waals surface area (Å²) in [6.07, 6.45) is 5.00. The second-order valence-corrected chi connectivity index (χ2v) is 6.05. The summed E-state index contributed by atoms with van der Waals surface area (Å²) in [5.74, 6) is 0. The number of aromatic nitrogens is 2. The highest BCUT2D eigenvalue weighted by atomic mass is 15.1. The Morgan fingerprint density at radius 3 is 2.61 bits per heavy atom. The number of hydrogen-bond donors (Lipinski definition) is 1. The van der Waals surface area contributed by atoms with Gasteiger partial charge in [-0.15, -0.1) is 0 Å². The van der Waals surface area contributed by atoms with E-state index in [0.717, 1.165) is 32.4 Å². The average molecular weight is 303 g/mol. The SMILES string of the molecule is c1ccc(Cc2ccccc2-n2cnc3c2CCNCC3)cc1. The fourth-order valence-corrected chi connectivity index (χ4v) is 3.34. The molecule has 1 N–H and O–H groups in total. The summed E-state index contributed by atoms with van der Waals surface area (Å²) < 4.78 is 2.29. The molecule has 116 valence electrons. The van der Waals surface area contributed by atoms with Gasteiger partial charge in [0.15, 0.2) is 0 Å². The molecule has 0 radical (unpaired) electrons. The quantitative estimate of drug-likeness (QED) is 0.805. The van der Waals surface area contributed by atoms with Gasteiger partial charge < -0.3 is 9.88 Å². The summed E-state index contributed by atoms with van der Waals surface area (Å²) in [7, 11) is 0. The van der Waals surface area contributed by atoms with Gasteiger partial charge in [-0.3, -0.25) is 0 Å². The van der Waals surface area contributed by atoms with Crippen molar-refractivity contribution in [3.8, 4) is 5.69 Å². The number of nitrogens with one attached hydrogen (secondary N) is 1. The third-order valence-electron chi connectivity index (χ3n) is 4.52. The van der Waals surface area contributed by atoms with Crippen molar-refractivity contribution in [3.63, 3.8) is 0 Å². The third kappa shape index (κ3) is 2.92. The highest BCUT2D eigenvalue weighted by Gasteiger charge is 2.16. The minimum Gasteiger partial charge on any atom is -0.316 e. The van der Waals surface area contributed by atoms with Crippen LogP contribution in [0.4, 0.5) is 0 Å². The van der Waals surface area contributed by atoms with Crippen LogP contribution in [0, 0.1) is 0 Å². The molecule has 0 spiro atoms. The standard InChI is InChI=1S/C20H21N3/c1-2-6-16(7-3-1)14-17-8-4-5-9-19(17)23-15-22-18-10-12-21-13-11-20(18)23/h1-9,15,21H,10-14H2. The monoisotopic (exact) mass is 303 g/mol. The highest BCUT2D eigenvalue weighted by Crippen LogP contribution is 2.22. The molecule has 2 aromatic carbocycles. The van der Waals surface area contributed by atoms with E-state index in [1.54, 1.807) is 0 Å². The van der Waals surface area contributed by atoms with Crippen LogP contribution in [0.1, 0.15) is 22.5 Å². The van der Waals surface area contributed by atoms with Crippen molar-refractivity contribution in [1.82, 2.24) is 14.9 Å². The maximum absolute atomic E-state index is 4.66. The Morgan fingerprint density at radius 2 is 1.70 bits per heavy atom. The first-order chi connectivity index (χ1) is 11.4. The second kappa shape index (κ2) is 6.39. The number of para-hydroxylation sites is 1. The van der Waals surface area contributed by atoms with Gasteiger partial charge in [-0.1, -0.05) is 48.5 Å². The van der Waals surface area contributed by atoms with Crippen molar-refractivity contribution in [2.75, 3.05) is 13.1 Å². The van der Waals surface area contributed by atoms with Gasteiger partial charge in [0, 0.05) is 31.6 Å². The number of imidazole rings is 1. The van der Waals surface area contributed by atoms with Crippen molar-refractivity contribution in [1.29, 1.82) is 0 Å². The number of fused-ring (bicyclic) bond motifs is 1. The molecule has 0 unspecified atom stereocenters.